The minimum absolute atomic E-state index is 0.771. The van der Waals surface area contributed by atoms with Crippen LogP contribution < -0.4 is 15.5 Å². The van der Waals surface area contributed by atoms with Crippen LogP contribution in [0.1, 0.15) is 0 Å². The van der Waals surface area contributed by atoms with Crippen molar-refractivity contribution in [2.45, 2.75) is 0 Å². The molecule has 0 unspecified atom stereocenters. The van der Waals surface area contributed by atoms with E-state index in [1.165, 1.54) is 5.69 Å². The van der Waals surface area contributed by atoms with Crippen LogP contribution in [0.15, 0.2) is 30.5 Å². The van der Waals surface area contributed by atoms with E-state index in [1.54, 1.807) is 17.5 Å². The molecule has 1 saturated heterocycles. The van der Waals surface area contributed by atoms with E-state index in [4.69, 9.17) is 17.3 Å². The Balaban J connectivity index is 1.66. The van der Waals surface area contributed by atoms with Crippen LogP contribution in [-0.4, -0.2) is 31.2 Å². The van der Waals surface area contributed by atoms with Gasteiger partial charge in [0.2, 0.25) is 0 Å². The van der Waals surface area contributed by atoms with Crippen molar-refractivity contribution in [2.75, 3.05) is 41.7 Å². The Kier molecular flexibility index (Phi) is 3.48. The van der Waals surface area contributed by atoms with Gasteiger partial charge in [-0.2, -0.15) is 0 Å². The fourth-order valence-electron chi connectivity index (χ4n) is 2.25. The molecular weight excluding hydrogens is 280 g/mol. The van der Waals surface area contributed by atoms with Crippen molar-refractivity contribution in [1.29, 1.82) is 0 Å². The zero-order chi connectivity index (χ0) is 13.2. The lowest BCUT2D eigenvalue weighted by Crippen LogP contribution is -2.46. The largest absolute Gasteiger partial charge is 0.389 e. The summed E-state index contributed by atoms with van der Waals surface area (Å²) >= 11 is 7.58. The van der Waals surface area contributed by atoms with Crippen LogP contribution in [-0.2, 0) is 0 Å². The maximum atomic E-state index is 6.03. The Hall–Kier alpha value is -1.46. The van der Waals surface area contributed by atoms with Crippen molar-refractivity contribution >= 4 is 38.8 Å². The SMILES string of the molecule is Nc1cnc(N2CCN(c3cccc(Cl)c3)CC2)s1. The molecule has 19 heavy (non-hydrogen) atoms. The van der Waals surface area contributed by atoms with E-state index in [0.717, 1.165) is 41.3 Å². The summed E-state index contributed by atoms with van der Waals surface area (Å²) in [5.41, 5.74) is 6.91. The highest BCUT2D eigenvalue weighted by Crippen LogP contribution is 2.26. The maximum Gasteiger partial charge on any atom is 0.187 e. The van der Waals surface area contributed by atoms with Crippen LogP contribution in [0, 0.1) is 0 Å². The average Bonchev–Trinajstić information content (AvgIpc) is 2.86. The highest BCUT2D eigenvalue weighted by Gasteiger charge is 2.19. The smallest absolute Gasteiger partial charge is 0.187 e. The summed E-state index contributed by atoms with van der Waals surface area (Å²) in [6.45, 7) is 3.86. The van der Waals surface area contributed by atoms with E-state index >= 15 is 0 Å². The minimum Gasteiger partial charge on any atom is -0.389 e. The van der Waals surface area contributed by atoms with Gasteiger partial charge in [-0.05, 0) is 18.2 Å². The number of thiazole rings is 1. The van der Waals surface area contributed by atoms with Gasteiger partial charge in [-0.15, -0.1) is 0 Å². The van der Waals surface area contributed by atoms with Gasteiger partial charge in [-0.25, -0.2) is 4.98 Å². The summed E-state index contributed by atoms with van der Waals surface area (Å²) in [5, 5.41) is 2.57. The van der Waals surface area contributed by atoms with Crippen molar-refractivity contribution in [3.8, 4) is 0 Å². The van der Waals surface area contributed by atoms with Gasteiger partial charge in [0.15, 0.2) is 5.13 Å². The van der Waals surface area contributed by atoms with Crippen LogP contribution >= 0.6 is 22.9 Å². The molecule has 4 nitrogen and oxygen atoms in total. The summed E-state index contributed by atoms with van der Waals surface area (Å²) in [7, 11) is 0. The minimum atomic E-state index is 0.771. The molecule has 0 aliphatic carbocycles. The summed E-state index contributed by atoms with van der Waals surface area (Å²) in [6.07, 6.45) is 1.73. The second-order valence-electron chi connectivity index (χ2n) is 4.50. The third-order valence-electron chi connectivity index (χ3n) is 3.23. The molecule has 1 aromatic heterocycles. The first-order valence-electron chi connectivity index (χ1n) is 6.19. The number of halogens is 1. The Morgan fingerprint density at radius 3 is 2.53 bits per heavy atom. The van der Waals surface area contributed by atoms with Crippen molar-refractivity contribution in [3.63, 3.8) is 0 Å². The number of aromatic nitrogens is 1. The molecule has 1 fully saturated rings. The number of nitrogens with zero attached hydrogens (tertiary/aromatic N) is 3. The van der Waals surface area contributed by atoms with Crippen molar-refractivity contribution in [3.05, 3.63) is 35.5 Å². The summed E-state index contributed by atoms with van der Waals surface area (Å²) < 4.78 is 0. The van der Waals surface area contributed by atoms with Gasteiger partial charge in [0.25, 0.3) is 0 Å². The van der Waals surface area contributed by atoms with Crippen LogP contribution in [0.2, 0.25) is 5.02 Å². The lowest BCUT2D eigenvalue weighted by Gasteiger charge is -2.36. The number of hydrogen-bond acceptors (Lipinski definition) is 5. The molecule has 1 aliphatic rings. The highest BCUT2D eigenvalue weighted by atomic mass is 35.5. The third kappa shape index (κ3) is 2.77. The first-order chi connectivity index (χ1) is 9.22. The quantitative estimate of drug-likeness (QED) is 0.925. The van der Waals surface area contributed by atoms with Crippen molar-refractivity contribution in [2.24, 2.45) is 0 Å². The van der Waals surface area contributed by atoms with Crippen LogP contribution in [0.4, 0.5) is 15.8 Å². The molecule has 6 heteroatoms. The Morgan fingerprint density at radius 2 is 1.89 bits per heavy atom. The van der Waals surface area contributed by atoms with Crippen molar-refractivity contribution < 1.29 is 0 Å². The van der Waals surface area contributed by atoms with Gasteiger partial charge in [-0.3, -0.25) is 0 Å². The van der Waals surface area contributed by atoms with Gasteiger partial charge in [0.05, 0.1) is 6.20 Å². The number of nitrogens with two attached hydrogens (primary N) is 1. The molecule has 0 spiro atoms. The molecule has 1 aliphatic heterocycles. The van der Waals surface area contributed by atoms with Gasteiger partial charge >= 0.3 is 0 Å². The van der Waals surface area contributed by atoms with Crippen LogP contribution in [0.5, 0.6) is 0 Å². The van der Waals surface area contributed by atoms with E-state index in [0.29, 0.717) is 0 Å². The molecule has 2 heterocycles. The number of benzene rings is 1. The van der Waals surface area contributed by atoms with E-state index in [2.05, 4.69) is 20.9 Å². The van der Waals surface area contributed by atoms with E-state index in [1.807, 2.05) is 18.2 Å². The van der Waals surface area contributed by atoms with E-state index < -0.39 is 0 Å². The number of hydrogen-bond donors (Lipinski definition) is 1. The molecule has 0 atom stereocenters. The second-order valence-corrected chi connectivity index (χ2v) is 5.98. The molecule has 0 radical (unpaired) electrons. The van der Waals surface area contributed by atoms with Gasteiger partial charge in [-0.1, -0.05) is 29.0 Å². The van der Waals surface area contributed by atoms with Gasteiger partial charge < -0.3 is 15.5 Å². The van der Waals surface area contributed by atoms with Crippen LogP contribution in [0.3, 0.4) is 0 Å². The number of rotatable bonds is 2. The molecular formula is C13H15ClN4S. The average molecular weight is 295 g/mol. The monoisotopic (exact) mass is 294 g/mol. The molecule has 2 aromatic rings. The first kappa shape index (κ1) is 12.6. The topological polar surface area (TPSA) is 45.4 Å². The Labute approximate surface area is 121 Å². The van der Waals surface area contributed by atoms with Gasteiger partial charge in [0, 0.05) is 36.9 Å². The molecule has 0 saturated carbocycles. The lowest BCUT2D eigenvalue weighted by atomic mass is 10.2. The third-order valence-corrected chi connectivity index (χ3v) is 4.36. The Bertz CT molecular complexity index is 563. The number of anilines is 3. The van der Waals surface area contributed by atoms with Gasteiger partial charge in [0.1, 0.15) is 5.00 Å². The normalized spacial score (nSPS) is 15.8. The molecule has 3 rings (SSSR count). The molecule has 2 N–H and O–H groups in total. The van der Waals surface area contributed by atoms with E-state index in [-0.39, 0.29) is 0 Å². The van der Waals surface area contributed by atoms with Crippen LogP contribution in [0.25, 0.3) is 0 Å². The number of piperazine rings is 1. The highest BCUT2D eigenvalue weighted by molar-refractivity contribution is 7.19. The summed E-state index contributed by atoms with van der Waals surface area (Å²) in [6, 6.07) is 8.01. The first-order valence-corrected chi connectivity index (χ1v) is 7.38. The number of nitrogen functional groups attached to an aromatic ring is 1. The standard InChI is InChI=1S/C13H15ClN4S/c14-10-2-1-3-11(8-10)17-4-6-18(7-5-17)13-16-9-12(15)19-13/h1-3,8-9H,4-7,15H2. The molecule has 1 aromatic carbocycles. The predicted octanol–water partition coefficient (Wildman–Crippen LogP) is 2.71. The fourth-order valence-corrected chi connectivity index (χ4v) is 3.17. The zero-order valence-corrected chi connectivity index (χ0v) is 12.0. The zero-order valence-electron chi connectivity index (χ0n) is 10.4. The molecule has 0 amide bonds. The molecule has 100 valence electrons. The second kappa shape index (κ2) is 5.27. The maximum absolute atomic E-state index is 6.03. The van der Waals surface area contributed by atoms with E-state index in [9.17, 15) is 0 Å². The van der Waals surface area contributed by atoms with Crippen molar-refractivity contribution in [1.82, 2.24) is 4.98 Å². The Morgan fingerprint density at radius 1 is 1.16 bits per heavy atom. The fraction of sp³-hybridized carbons (Fsp3) is 0.308. The predicted molar refractivity (Wildman–Crippen MR) is 82.4 cm³/mol. The summed E-state index contributed by atoms with van der Waals surface area (Å²) in [4.78, 5) is 8.96. The lowest BCUT2D eigenvalue weighted by molar-refractivity contribution is 0.652. The molecule has 0 bridgehead atoms. The summed E-state index contributed by atoms with van der Waals surface area (Å²) in [5.74, 6) is 0.